The molecule has 0 aliphatic carbocycles. The Labute approximate surface area is 340 Å². The highest BCUT2D eigenvalue weighted by Crippen LogP contribution is 2.27. The lowest BCUT2D eigenvalue weighted by Gasteiger charge is -2.10. The first kappa shape index (κ1) is 41.2. The number of amides is 2. The summed E-state index contributed by atoms with van der Waals surface area (Å²) < 4.78 is 3.89. The van der Waals surface area contributed by atoms with Crippen LogP contribution in [-0.2, 0) is 9.59 Å². The normalized spacial score (nSPS) is 11.5. The second-order valence-corrected chi connectivity index (χ2v) is 14.4. The Morgan fingerprint density at radius 3 is 1.15 bits per heavy atom. The van der Waals surface area contributed by atoms with Crippen molar-refractivity contribution in [1.82, 2.24) is 20.0 Å². The third-order valence-corrected chi connectivity index (χ3v) is 10.1. The summed E-state index contributed by atoms with van der Waals surface area (Å²) in [5.41, 5.74) is 10.7. The van der Waals surface area contributed by atoms with Crippen molar-refractivity contribution in [2.24, 2.45) is 10.2 Å². The van der Waals surface area contributed by atoms with Gasteiger partial charge in [-0.3, -0.25) is 18.7 Å². The summed E-state index contributed by atoms with van der Waals surface area (Å²) in [6, 6.07) is 29.8. The number of carbonyl (C=O) groups is 2. The predicted octanol–water partition coefficient (Wildman–Crippen LogP) is 10.3. The van der Waals surface area contributed by atoms with Crippen LogP contribution in [0, 0.1) is 0 Å². The first-order valence-electron chi connectivity index (χ1n) is 15.3. The smallest absolute Gasteiger partial charge is 0.240 e. The summed E-state index contributed by atoms with van der Waals surface area (Å²) >= 11 is 27.3. The molecule has 0 spiro atoms. The van der Waals surface area contributed by atoms with Crippen molar-refractivity contribution in [1.29, 1.82) is 0 Å². The second-order valence-electron chi connectivity index (χ2n) is 10.9. The van der Waals surface area contributed by atoms with Gasteiger partial charge in [0.2, 0.25) is 21.4 Å². The molecule has 0 atom stereocenters. The van der Waals surface area contributed by atoms with Crippen molar-refractivity contribution in [3.63, 3.8) is 0 Å². The van der Waals surface area contributed by atoms with E-state index in [1.54, 1.807) is 24.3 Å². The highest BCUT2D eigenvalue weighted by atomic mass is 35.5. The molecule has 0 unspecified atom stereocenters. The SMILES string of the molecule is Cl.Cl.O=C(CCCCC(=O)NN=c1scc(-c2ccc(Cl)cc2)n1-c1ccc(Cl)cc1)NN=c1scc(-c2ccc(Cl)cc2)n1-c1ccc(Cl)cc1. The van der Waals surface area contributed by atoms with Gasteiger partial charge < -0.3 is 0 Å². The molecule has 0 saturated heterocycles. The molecule has 4 aromatic carbocycles. The molecule has 0 aliphatic heterocycles. The molecule has 0 radical (unpaired) electrons. The fourth-order valence-corrected chi connectivity index (χ4v) is 7.24. The number of nitrogens with one attached hydrogen (secondary N) is 2. The number of nitrogens with zero attached hydrogens (tertiary/aromatic N) is 4. The van der Waals surface area contributed by atoms with Crippen molar-refractivity contribution >= 4 is 106 Å². The molecule has 6 aromatic rings. The minimum atomic E-state index is -0.253. The zero-order chi connectivity index (χ0) is 35.0. The predicted molar refractivity (Wildman–Crippen MR) is 219 cm³/mol. The van der Waals surface area contributed by atoms with Gasteiger partial charge in [-0.2, -0.15) is 0 Å². The van der Waals surface area contributed by atoms with E-state index in [2.05, 4.69) is 21.1 Å². The first-order chi connectivity index (χ1) is 24.2. The van der Waals surface area contributed by atoms with E-state index in [0.717, 1.165) is 33.9 Å². The standard InChI is InChI=1S/C36H28Cl4N6O2S2.2ClH/c37-25-9-5-23(6-10-25)31-21-49-35(45(31)29-17-13-27(39)14-18-29)43-41-33(47)3-1-2-4-34(48)42-44-36-46(30-19-15-28(40)16-20-30)32(22-50-36)24-7-11-26(38)12-8-24;;/h5-22H,1-4H2,(H,41,47)(H,42,48);2*1H. The van der Waals surface area contributed by atoms with Crippen LogP contribution in [0.3, 0.4) is 0 Å². The Balaban J connectivity index is 0.00000302. The van der Waals surface area contributed by atoms with E-state index in [0.29, 0.717) is 42.5 Å². The highest BCUT2D eigenvalue weighted by molar-refractivity contribution is 7.07. The lowest BCUT2D eigenvalue weighted by atomic mass is 10.1. The number of hydrogen-bond donors (Lipinski definition) is 2. The summed E-state index contributed by atoms with van der Waals surface area (Å²) in [5.74, 6) is -0.506. The molecule has 0 bridgehead atoms. The fraction of sp³-hybridized carbons (Fsp3) is 0.111. The molecule has 0 saturated carbocycles. The largest absolute Gasteiger partial charge is 0.284 e. The lowest BCUT2D eigenvalue weighted by molar-refractivity contribution is -0.123. The Kier molecular flexibility index (Phi) is 15.4. The molecular formula is C36H30Cl6N6O2S2. The quantitative estimate of drug-likeness (QED) is 0.100. The number of thiazole rings is 2. The van der Waals surface area contributed by atoms with Gasteiger partial charge in [0.25, 0.3) is 0 Å². The molecule has 52 heavy (non-hydrogen) atoms. The Morgan fingerprint density at radius 1 is 0.519 bits per heavy atom. The molecule has 0 aliphatic rings. The number of rotatable bonds is 11. The number of halogens is 6. The third kappa shape index (κ3) is 10.5. The first-order valence-corrected chi connectivity index (χ1v) is 18.6. The average molecular weight is 856 g/mol. The van der Waals surface area contributed by atoms with Gasteiger partial charge in [-0.25, -0.2) is 10.9 Å². The van der Waals surface area contributed by atoms with Gasteiger partial charge in [0, 0.05) is 55.1 Å². The van der Waals surface area contributed by atoms with Gasteiger partial charge in [-0.05, 0) is 96.8 Å². The fourth-order valence-electron chi connectivity index (χ4n) is 5.00. The summed E-state index contributed by atoms with van der Waals surface area (Å²) in [7, 11) is 0. The molecular weight excluding hydrogens is 825 g/mol. The minimum Gasteiger partial charge on any atom is -0.284 e. The molecule has 6 rings (SSSR count). The maximum Gasteiger partial charge on any atom is 0.240 e. The van der Waals surface area contributed by atoms with Gasteiger partial charge in [0.05, 0.1) is 11.4 Å². The Bertz CT molecular complexity index is 2090. The van der Waals surface area contributed by atoms with Crippen molar-refractivity contribution < 1.29 is 9.59 Å². The van der Waals surface area contributed by atoms with Crippen LogP contribution in [0.25, 0.3) is 33.9 Å². The van der Waals surface area contributed by atoms with Crippen LogP contribution in [0.2, 0.25) is 20.1 Å². The summed E-state index contributed by atoms with van der Waals surface area (Å²) in [4.78, 5) is 26.6. The van der Waals surface area contributed by atoms with Crippen LogP contribution in [0.4, 0.5) is 0 Å². The Hall–Kier alpha value is -3.58. The van der Waals surface area contributed by atoms with E-state index in [1.807, 2.05) is 92.7 Å². The molecule has 2 N–H and O–H groups in total. The zero-order valence-electron chi connectivity index (χ0n) is 27.0. The van der Waals surface area contributed by atoms with Crippen LogP contribution in [-0.4, -0.2) is 20.9 Å². The minimum absolute atomic E-state index is 0. The molecule has 2 heterocycles. The number of unbranched alkanes of at least 4 members (excludes halogenated alkanes) is 1. The van der Waals surface area contributed by atoms with E-state index >= 15 is 0 Å². The highest BCUT2D eigenvalue weighted by Gasteiger charge is 2.13. The summed E-state index contributed by atoms with van der Waals surface area (Å²) in [6.45, 7) is 0. The van der Waals surface area contributed by atoms with E-state index in [1.165, 1.54) is 22.7 Å². The maximum atomic E-state index is 12.7. The molecule has 0 fully saturated rings. The lowest BCUT2D eigenvalue weighted by Crippen LogP contribution is -2.24. The summed E-state index contributed by atoms with van der Waals surface area (Å²) in [5, 5.41) is 15.3. The topological polar surface area (TPSA) is 92.8 Å². The second kappa shape index (κ2) is 19.5. The van der Waals surface area contributed by atoms with Crippen LogP contribution >= 0.6 is 93.9 Å². The van der Waals surface area contributed by atoms with Crippen molar-refractivity contribution in [3.8, 4) is 33.9 Å². The van der Waals surface area contributed by atoms with Crippen molar-refractivity contribution in [2.75, 3.05) is 0 Å². The van der Waals surface area contributed by atoms with Gasteiger partial charge in [-0.15, -0.1) is 57.7 Å². The van der Waals surface area contributed by atoms with Crippen molar-refractivity contribution in [2.45, 2.75) is 25.7 Å². The third-order valence-electron chi connectivity index (χ3n) is 7.48. The maximum absolute atomic E-state index is 12.7. The van der Waals surface area contributed by atoms with Crippen LogP contribution in [0.15, 0.2) is 118 Å². The number of hydrogen-bond acceptors (Lipinski definition) is 6. The summed E-state index contributed by atoms with van der Waals surface area (Å²) in [6.07, 6.45) is 1.40. The molecule has 270 valence electrons. The van der Waals surface area contributed by atoms with Gasteiger partial charge in [0.1, 0.15) is 0 Å². The number of benzene rings is 4. The molecule has 2 aromatic heterocycles. The van der Waals surface area contributed by atoms with Crippen LogP contribution < -0.4 is 20.5 Å². The number of carbonyl (C=O) groups excluding carboxylic acids is 2. The average Bonchev–Trinajstić information content (AvgIpc) is 3.74. The van der Waals surface area contributed by atoms with Crippen molar-refractivity contribution in [3.05, 3.63) is 138 Å². The van der Waals surface area contributed by atoms with E-state index in [-0.39, 0.29) is 49.5 Å². The van der Waals surface area contributed by atoms with Gasteiger partial charge >= 0.3 is 0 Å². The zero-order valence-corrected chi connectivity index (χ0v) is 33.3. The number of aromatic nitrogens is 2. The van der Waals surface area contributed by atoms with Crippen LogP contribution in [0.1, 0.15) is 25.7 Å². The van der Waals surface area contributed by atoms with E-state index < -0.39 is 0 Å². The van der Waals surface area contributed by atoms with E-state index in [4.69, 9.17) is 46.4 Å². The van der Waals surface area contributed by atoms with E-state index in [9.17, 15) is 9.59 Å². The Morgan fingerprint density at radius 2 is 0.827 bits per heavy atom. The van der Waals surface area contributed by atoms with Gasteiger partial charge in [-0.1, -0.05) is 70.7 Å². The molecule has 8 nitrogen and oxygen atoms in total. The van der Waals surface area contributed by atoms with Crippen LogP contribution in [0.5, 0.6) is 0 Å². The monoisotopic (exact) mass is 852 g/mol. The van der Waals surface area contributed by atoms with Gasteiger partial charge in [0.15, 0.2) is 0 Å². The molecule has 2 amide bonds. The molecule has 16 heteroatoms.